The Balaban J connectivity index is 1.26. The van der Waals surface area contributed by atoms with Crippen LogP contribution in [0.2, 0.25) is 0 Å². The molecule has 156 valence electrons. The minimum absolute atomic E-state index is 0.0576. The number of rotatable bonds is 7. The molecular weight excluding hydrogens is 414 g/mol. The van der Waals surface area contributed by atoms with Gasteiger partial charge in [-0.25, -0.2) is 0 Å². The molecule has 9 heteroatoms. The van der Waals surface area contributed by atoms with E-state index in [0.29, 0.717) is 24.6 Å². The van der Waals surface area contributed by atoms with Crippen LogP contribution in [-0.2, 0) is 17.8 Å². The molecule has 4 heterocycles. The topological polar surface area (TPSA) is 91.2 Å². The monoisotopic (exact) mass is 433 g/mol. The van der Waals surface area contributed by atoms with Crippen LogP contribution in [0.25, 0.3) is 21.8 Å². The first-order valence-corrected chi connectivity index (χ1v) is 10.7. The van der Waals surface area contributed by atoms with E-state index in [0.717, 1.165) is 27.4 Å². The molecule has 31 heavy (non-hydrogen) atoms. The molecular formula is C22H19N5O3S. The molecule has 0 fully saturated rings. The number of nitrogens with zero attached hydrogens (tertiary/aromatic N) is 4. The summed E-state index contributed by atoms with van der Waals surface area (Å²) in [6, 6.07) is 9.61. The Kier molecular flexibility index (Phi) is 5.32. The van der Waals surface area contributed by atoms with Crippen LogP contribution in [0, 0.1) is 0 Å². The van der Waals surface area contributed by atoms with E-state index in [4.69, 9.17) is 9.47 Å². The van der Waals surface area contributed by atoms with E-state index in [2.05, 4.69) is 26.4 Å². The van der Waals surface area contributed by atoms with Crippen molar-refractivity contribution in [2.24, 2.45) is 0 Å². The van der Waals surface area contributed by atoms with E-state index >= 15 is 0 Å². The fourth-order valence-corrected chi connectivity index (χ4v) is 4.24. The Hall–Kier alpha value is -3.72. The van der Waals surface area contributed by atoms with Gasteiger partial charge in [-0.05, 0) is 29.1 Å². The second kappa shape index (κ2) is 8.57. The van der Waals surface area contributed by atoms with Crippen LogP contribution in [0.1, 0.15) is 5.56 Å². The fourth-order valence-electron chi connectivity index (χ4n) is 3.45. The number of amides is 1. The van der Waals surface area contributed by atoms with Crippen LogP contribution >= 0.6 is 11.3 Å². The van der Waals surface area contributed by atoms with Gasteiger partial charge in [-0.15, -0.1) is 11.3 Å². The lowest BCUT2D eigenvalue weighted by Crippen LogP contribution is -2.29. The molecule has 1 aliphatic heterocycles. The first-order chi connectivity index (χ1) is 15.3. The zero-order valence-electron chi connectivity index (χ0n) is 16.5. The summed E-state index contributed by atoms with van der Waals surface area (Å²) in [6.07, 6.45) is 7.12. The third-order valence-corrected chi connectivity index (χ3v) is 5.76. The Labute approximate surface area is 182 Å². The van der Waals surface area contributed by atoms with Gasteiger partial charge in [0.25, 0.3) is 0 Å². The van der Waals surface area contributed by atoms with Crippen LogP contribution in [0.15, 0.2) is 60.5 Å². The van der Waals surface area contributed by atoms with Crippen molar-refractivity contribution in [1.82, 2.24) is 25.1 Å². The van der Waals surface area contributed by atoms with Gasteiger partial charge in [0.15, 0.2) is 11.5 Å². The highest BCUT2D eigenvalue weighted by Crippen LogP contribution is 2.34. The third kappa shape index (κ3) is 4.13. The van der Waals surface area contributed by atoms with Crippen molar-refractivity contribution in [3.05, 3.63) is 66.1 Å². The molecule has 0 radical (unpaired) electrons. The summed E-state index contributed by atoms with van der Waals surface area (Å²) in [7, 11) is 0. The lowest BCUT2D eigenvalue weighted by atomic mass is 10.1. The fraction of sp³-hybridized carbons (Fsp3) is 0.182. The summed E-state index contributed by atoms with van der Waals surface area (Å²) in [4.78, 5) is 22.1. The van der Waals surface area contributed by atoms with Gasteiger partial charge in [-0.2, -0.15) is 5.10 Å². The van der Waals surface area contributed by atoms with Crippen molar-refractivity contribution in [2.45, 2.75) is 13.0 Å². The molecule has 5 rings (SSSR count). The van der Waals surface area contributed by atoms with Gasteiger partial charge in [0.1, 0.15) is 0 Å². The van der Waals surface area contributed by atoms with Crippen molar-refractivity contribution >= 4 is 17.2 Å². The summed E-state index contributed by atoms with van der Waals surface area (Å²) in [6.45, 7) is 1.22. The van der Waals surface area contributed by atoms with Crippen molar-refractivity contribution in [2.75, 3.05) is 13.3 Å². The summed E-state index contributed by atoms with van der Waals surface area (Å²) in [5.74, 6) is 1.33. The Bertz CT molecular complexity index is 1190. The van der Waals surface area contributed by atoms with Crippen LogP contribution < -0.4 is 14.8 Å². The number of benzene rings is 1. The van der Waals surface area contributed by atoms with E-state index in [9.17, 15) is 4.79 Å². The smallest absolute Gasteiger partial charge is 0.231 e. The number of thiophene rings is 1. The molecule has 1 amide bonds. The predicted molar refractivity (Wildman–Crippen MR) is 116 cm³/mol. The van der Waals surface area contributed by atoms with E-state index in [-0.39, 0.29) is 19.1 Å². The minimum Gasteiger partial charge on any atom is -0.454 e. The molecule has 1 N–H and O–H groups in total. The van der Waals surface area contributed by atoms with E-state index in [1.54, 1.807) is 36.1 Å². The summed E-state index contributed by atoms with van der Waals surface area (Å²) >= 11 is 1.64. The Morgan fingerprint density at radius 1 is 1.16 bits per heavy atom. The van der Waals surface area contributed by atoms with Crippen molar-refractivity contribution in [3.8, 4) is 33.3 Å². The zero-order valence-corrected chi connectivity index (χ0v) is 17.3. The molecule has 0 atom stereocenters. The maximum atomic E-state index is 12.4. The number of hydrogen-bond donors (Lipinski definition) is 1. The molecule has 0 spiro atoms. The largest absolute Gasteiger partial charge is 0.454 e. The lowest BCUT2D eigenvalue weighted by Gasteiger charge is -2.10. The first kappa shape index (κ1) is 19.3. The van der Waals surface area contributed by atoms with Crippen LogP contribution in [-0.4, -0.2) is 39.0 Å². The van der Waals surface area contributed by atoms with Crippen LogP contribution in [0.5, 0.6) is 11.5 Å². The molecule has 3 aromatic heterocycles. The second-order valence-corrected chi connectivity index (χ2v) is 7.86. The summed E-state index contributed by atoms with van der Waals surface area (Å²) in [5.41, 5.74) is 3.54. The summed E-state index contributed by atoms with van der Waals surface area (Å²) < 4.78 is 12.6. The number of carbonyl (C=O) groups excluding carboxylic acids is 1. The molecule has 0 aliphatic carbocycles. The number of hydrogen-bond acceptors (Lipinski definition) is 7. The highest BCUT2D eigenvalue weighted by Gasteiger charge is 2.17. The average Bonchev–Trinajstić information content (AvgIpc) is 3.54. The second-order valence-electron chi connectivity index (χ2n) is 6.91. The predicted octanol–water partition coefficient (Wildman–Crippen LogP) is 3.16. The minimum atomic E-state index is -0.0576. The van der Waals surface area contributed by atoms with E-state index in [1.165, 1.54) is 0 Å². The Morgan fingerprint density at radius 3 is 2.94 bits per heavy atom. The highest BCUT2D eigenvalue weighted by molar-refractivity contribution is 7.13. The molecule has 1 aliphatic rings. The van der Waals surface area contributed by atoms with Gasteiger partial charge in [-0.3, -0.25) is 19.4 Å². The third-order valence-electron chi connectivity index (χ3n) is 4.88. The zero-order chi connectivity index (χ0) is 21.0. The lowest BCUT2D eigenvalue weighted by molar-refractivity contribution is -0.120. The Morgan fingerprint density at radius 2 is 2.10 bits per heavy atom. The quantitative estimate of drug-likeness (QED) is 0.481. The number of carbonyl (C=O) groups is 1. The van der Waals surface area contributed by atoms with Crippen LogP contribution in [0.3, 0.4) is 0 Å². The van der Waals surface area contributed by atoms with Crippen molar-refractivity contribution in [1.29, 1.82) is 0 Å². The van der Waals surface area contributed by atoms with E-state index < -0.39 is 0 Å². The highest BCUT2D eigenvalue weighted by atomic mass is 32.1. The normalized spacial score (nSPS) is 12.1. The molecule has 8 nitrogen and oxygen atoms in total. The van der Waals surface area contributed by atoms with E-state index in [1.807, 2.05) is 34.3 Å². The van der Waals surface area contributed by atoms with Gasteiger partial charge < -0.3 is 14.8 Å². The van der Waals surface area contributed by atoms with Crippen LogP contribution in [0.4, 0.5) is 0 Å². The van der Waals surface area contributed by atoms with Gasteiger partial charge in [0, 0.05) is 24.5 Å². The molecule has 0 bridgehead atoms. The maximum Gasteiger partial charge on any atom is 0.231 e. The molecule has 0 saturated heterocycles. The SMILES string of the molecule is O=C(Cc1ccc2c(c1)OCO2)NCCn1ncc(-c2cnccn2)c1-c1cccs1. The van der Waals surface area contributed by atoms with Gasteiger partial charge in [-0.1, -0.05) is 12.1 Å². The van der Waals surface area contributed by atoms with Crippen molar-refractivity contribution in [3.63, 3.8) is 0 Å². The van der Waals surface area contributed by atoms with Gasteiger partial charge in [0.05, 0.1) is 41.6 Å². The van der Waals surface area contributed by atoms with Crippen molar-refractivity contribution < 1.29 is 14.3 Å². The summed E-state index contributed by atoms with van der Waals surface area (Å²) in [5, 5.41) is 9.54. The average molecular weight is 433 g/mol. The molecule has 0 saturated carbocycles. The number of fused-ring (bicyclic) bond motifs is 1. The number of ether oxygens (including phenoxy) is 2. The number of aromatic nitrogens is 4. The molecule has 1 aromatic carbocycles. The number of nitrogens with one attached hydrogen (secondary N) is 1. The van der Waals surface area contributed by atoms with Gasteiger partial charge >= 0.3 is 0 Å². The maximum absolute atomic E-state index is 12.4. The molecule has 4 aromatic rings. The first-order valence-electron chi connectivity index (χ1n) is 9.79. The molecule has 0 unspecified atom stereocenters. The van der Waals surface area contributed by atoms with Gasteiger partial charge in [0.2, 0.25) is 12.7 Å². The standard InChI is InChI=1S/C22H19N5O3S/c28-21(11-15-3-4-18-19(10-15)30-14-29-18)25-7-8-27-22(20-2-1-9-31-20)16(12-26-27)17-13-23-5-6-24-17/h1-6,9-10,12-13H,7-8,11,14H2,(H,25,28).